The van der Waals surface area contributed by atoms with Gasteiger partial charge in [-0.05, 0) is 50.3 Å². The first kappa shape index (κ1) is 33.1. The molecule has 0 fully saturated rings. The highest BCUT2D eigenvalue weighted by Gasteiger charge is 2.25. The molecule has 5 atom stereocenters. The van der Waals surface area contributed by atoms with Gasteiger partial charge in [-0.15, -0.1) is 0 Å². The lowest BCUT2D eigenvalue weighted by molar-refractivity contribution is -0.152. The van der Waals surface area contributed by atoms with Gasteiger partial charge in [0, 0.05) is 6.54 Å². The molecule has 38 heavy (non-hydrogen) atoms. The smallest absolute Gasteiger partial charge is 0.323 e. The molecule has 1 aromatic carbocycles. The monoisotopic (exact) mass is 535 g/mol. The van der Waals surface area contributed by atoms with E-state index in [9.17, 15) is 19.2 Å². The summed E-state index contributed by atoms with van der Waals surface area (Å²) < 4.78 is 21.6. The maximum atomic E-state index is 12.5. The van der Waals surface area contributed by atoms with Crippen molar-refractivity contribution in [3.8, 4) is 11.5 Å². The van der Waals surface area contributed by atoms with Gasteiger partial charge >= 0.3 is 23.9 Å². The fourth-order valence-electron chi connectivity index (χ4n) is 3.43. The van der Waals surface area contributed by atoms with E-state index in [4.69, 9.17) is 18.9 Å². The summed E-state index contributed by atoms with van der Waals surface area (Å²) in [7, 11) is 1.30. The first-order chi connectivity index (χ1) is 18.0. The third-order valence-electron chi connectivity index (χ3n) is 6.48. The van der Waals surface area contributed by atoms with Crippen LogP contribution < -0.4 is 14.8 Å². The van der Waals surface area contributed by atoms with Crippen molar-refractivity contribution in [1.29, 1.82) is 0 Å². The van der Waals surface area contributed by atoms with Crippen LogP contribution in [-0.2, 0) is 35.1 Å². The van der Waals surface area contributed by atoms with Crippen molar-refractivity contribution in [3.05, 3.63) is 23.8 Å². The Bertz CT molecular complexity index is 931. The molecule has 0 saturated carbocycles. The fourth-order valence-corrected chi connectivity index (χ4v) is 3.43. The van der Waals surface area contributed by atoms with E-state index in [2.05, 4.69) is 5.32 Å². The normalized spacial score (nSPS) is 14.9. The van der Waals surface area contributed by atoms with Crippen molar-refractivity contribution >= 4 is 23.9 Å². The third kappa shape index (κ3) is 10.8. The van der Waals surface area contributed by atoms with E-state index in [1.165, 1.54) is 7.11 Å². The summed E-state index contributed by atoms with van der Waals surface area (Å²) in [5.74, 6) is -2.23. The zero-order valence-corrected chi connectivity index (χ0v) is 24.1. The van der Waals surface area contributed by atoms with Crippen LogP contribution in [0.3, 0.4) is 0 Å². The van der Waals surface area contributed by atoms with Crippen LogP contribution >= 0.6 is 0 Å². The molecule has 4 unspecified atom stereocenters. The minimum Gasteiger partial charge on any atom is -0.468 e. The molecule has 9 heteroatoms. The Morgan fingerprint density at radius 3 is 1.89 bits per heavy atom. The molecule has 0 spiro atoms. The average Bonchev–Trinajstić information content (AvgIpc) is 2.90. The van der Waals surface area contributed by atoms with Crippen molar-refractivity contribution in [3.63, 3.8) is 0 Å². The predicted molar refractivity (Wildman–Crippen MR) is 144 cm³/mol. The van der Waals surface area contributed by atoms with Crippen LogP contribution in [0.4, 0.5) is 0 Å². The van der Waals surface area contributed by atoms with Gasteiger partial charge in [-0.1, -0.05) is 54.0 Å². The molecular weight excluding hydrogens is 490 g/mol. The summed E-state index contributed by atoms with van der Waals surface area (Å²) in [4.78, 5) is 49.6. The first-order valence-corrected chi connectivity index (χ1v) is 13.5. The number of carbonyl (C=O) groups is 4. The maximum Gasteiger partial charge on any atom is 0.323 e. The third-order valence-corrected chi connectivity index (χ3v) is 6.48. The van der Waals surface area contributed by atoms with Crippen molar-refractivity contribution in [1.82, 2.24) is 5.32 Å². The van der Waals surface area contributed by atoms with E-state index in [1.54, 1.807) is 39.0 Å². The predicted octanol–water partition coefficient (Wildman–Crippen LogP) is 4.63. The summed E-state index contributed by atoms with van der Waals surface area (Å²) in [6, 6.07) is 4.10. The van der Waals surface area contributed by atoms with Gasteiger partial charge in [-0.25, -0.2) is 0 Å². The highest BCUT2D eigenvalue weighted by atomic mass is 16.6. The lowest BCUT2D eigenvalue weighted by Crippen LogP contribution is -2.43. The number of hydrogen-bond acceptors (Lipinski definition) is 9. The van der Waals surface area contributed by atoms with E-state index in [0.29, 0.717) is 18.4 Å². The summed E-state index contributed by atoms with van der Waals surface area (Å²) in [6.07, 6.45) is 2.58. The van der Waals surface area contributed by atoms with E-state index in [0.717, 1.165) is 12.8 Å². The second-order valence-electron chi connectivity index (χ2n) is 9.87. The molecule has 214 valence electrons. The molecule has 9 nitrogen and oxygen atoms in total. The van der Waals surface area contributed by atoms with Crippen molar-refractivity contribution in [2.24, 2.45) is 17.8 Å². The Morgan fingerprint density at radius 2 is 1.37 bits per heavy atom. The van der Waals surface area contributed by atoms with Crippen LogP contribution in [0.15, 0.2) is 18.2 Å². The number of rotatable bonds is 16. The number of benzene rings is 1. The zero-order chi connectivity index (χ0) is 28.8. The molecule has 0 amide bonds. The Morgan fingerprint density at radius 1 is 0.789 bits per heavy atom. The van der Waals surface area contributed by atoms with Gasteiger partial charge in [0.1, 0.15) is 12.1 Å². The molecule has 0 aliphatic rings. The number of nitrogens with one attached hydrogen (secondary N) is 1. The summed E-state index contributed by atoms with van der Waals surface area (Å²) in [6.45, 7) is 13.1. The molecule has 0 aliphatic carbocycles. The van der Waals surface area contributed by atoms with Crippen LogP contribution in [0.5, 0.6) is 11.5 Å². The van der Waals surface area contributed by atoms with Crippen LogP contribution in [0.25, 0.3) is 0 Å². The summed E-state index contributed by atoms with van der Waals surface area (Å²) in [5.41, 5.74) is 0.657. The largest absolute Gasteiger partial charge is 0.468 e. The maximum absolute atomic E-state index is 12.5. The molecule has 0 saturated heterocycles. The van der Waals surface area contributed by atoms with Crippen LogP contribution in [0.1, 0.15) is 79.7 Å². The quantitative estimate of drug-likeness (QED) is 0.239. The van der Waals surface area contributed by atoms with Gasteiger partial charge in [0.05, 0.1) is 24.9 Å². The average molecular weight is 536 g/mol. The lowest BCUT2D eigenvalue weighted by atomic mass is 10.0. The second-order valence-corrected chi connectivity index (χ2v) is 9.87. The second kappa shape index (κ2) is 16.8. The Labute approximate surface area is 226 Å². The van der Waals surface area contributed by atoms with Gasteiger partial charge in [-0.2, -0.15) is 0 Å². The number of methoxy groups -OCH3 is 1. The molecule has 1 aromatic rings. The van der Waals surface area contributed by atoms with Gasteiger partial charge in [-0.3, -0.25) is 19.2 Å². The zero-order valence-electron chi connectivity index (χ0n) is 24.1. The van der Waals surface area contributed by atoms with Gasteiger partial charge in [0.15, 0.2) is 11.5 Å². The Hall–Kier alpha value is -2.94. The van der Waals surface area contributed by atoms with E-state index in [-0.39, 0.29) is 48.2 Å². The van der Waals surface area contributed by atoms with Crippen molar-refractivity contribution < 1.29 is 38.1 Å². The number of esters is 4. The summed E-state index contributed by atoms with van der Waals surface area (Å²) >= 11 is 0. The Kier molecular flexibility index (Phi) is 14.6. The molecule has 1 N–H and O–H groups in total. The SMILES string of the molecule is CCCC(C)C(=O)OC(C)CN[C@@H](Cc1ccc(OC(=O)C(C)CC)c(OC(=O)C(C)CC)c1)C(=O)OC. The van der Waals surface area contributed by atoms with Crippen molar-refractivity contribution in [2.75, 3.05) is 13.7 Å². The topological polar surface area (TPSA) is 117 Å². The van der Waals surface area contributed by atoms with Crippen LogP contribution in [0.2, 0.25) is 0 Å². The van der Waals surface area contributed by atoms with Crippen LogP contribution in [-0.4, -0.2) is 49.7 Å². The Balaban J connectivity index is 3.08. The molecule has 0 bridgehead atoms. The molecule has 1 rings (SSSR count). The highest BCUT2D eigenvalue weighted by Crippen LogP contribution is 2.31. The number of ether oxygens (including phenoxy) is 4. The molecule has 0 aromatic heterocycles. The molecule has 0 aliphatic heterocycles. The van der Waals surface area contributed by atoms with Gasteiger partial charge < -0.3 is 24.3 Å². The van der Waals surface area contributed by atoms with Gasteiger partial charge in [0.25, 0.3) is 0 Å². The highest BCUT2D eigenvalue weighted by molar-refractivity contribution is 5.79. The standard InChI is InChI=1S/C29H45NO8/c1-9-12-20(6)28(33)36-21(7)17-30-23(29(34)35-8)15-22-13-14-24(37-26(31)18(4)10-2)25(16-22)38-27(32)19(5)11-3/h13-14,16,18-21,23,30H,9-12,15,17H2,1-8H3/t18?,19?,20?,21?,23-/m0/s1. The van der Waals surface area contributed by atoms with Crippen LogP contribution in [0, 0.1) is 17.8 Å². The van der Waals surface area contributed by atoms with E-state index < -0.39 is 30.1 Å². The summed E-state index contributed by atoms with van der Waals surface area (Å²) in [5, 5.41) is 3.11. The lowest BCUT2D eigenvalue weighted by Gasteiger charge is -2.21. The minimum atomic E-state index is -0.749. The number of carbonyl (C=O) groups excluding carboxylic acids is 4. The fraction of sp³-hybridized carbons (Fsp3) is 0.655. The minimum absolute atomic E-state index is 0.111. The number of hydrogen-bond donors (Lipinski definition) is 1. The van der Waals surface area contributed by atoms with Gasteiger partial charge in [0.2, 0.25) is 0 Å². The molecular formula is C29H45NO8. The molecule has 0 radical (unpaired) electrons. The van der Waals surface area contributed by atoms with E-state index in [1.807, 2.05) is 27.7 Å². The molecule has 0 heterocycles. The van der Waals surface area contributed by atoms with Crippen molar-refractivity contribution in [2.45, 2.75) is 92.7 Å². The first-order valence-electron chi connectivity index (χ1n) is 13.5. The van der Waals surface area contributed by atoms with E-state index >= 15 is 0 Å².